The number of carboxylic acid groups (broad SMARTS) is 1. The zero-order valence-corrected chi connectivity index (χ0v) is 18.1. The molecular weight excluding hydrogens is 448 g/mol. The molecule has 2 rings (SSSR count). The molecule has 6 unspecified atom stereocenters. The van der Waals surface area contributed by atoms with Gasteiger partial charge in [-0.05, 0) is 24.7 Å². The average Bonchev–Trinajstić information content (AvgIpc) is 2.78. The van der Waals surface area contributed by atoms with E-state index in [4.69, 9.17) is 19.8 Å². The molecule has 0 spiro atoms. The molecule has 0 aromatic heterocycles. The number of carbonyl (C=O) groups is 2. The number of ether oxygens (including phenoxy) is 1. The van der Waals surface area contributed by atoms with Crippen LogP contribution in [0, 0.1) is 43.9 Å². The van der Waals surface area contributed by atoms with Gasteiger partial charge in [0.1, 0.15) is 0 Å². The molecule has 33 heavy (non-hydrogen) atoms. The maximum atomic E-state index is 12.3. The van der Waals surface area contributed by atoms with Gasteiger partial charge in [-0.1, -0.05) is 0 Å². The van der Waals surface area contributed by atoms with Crippen molar-refractivity contribution in [2.75, 3.05) is 26.4 Å². The lowest BCUT2D eigenvalue weighted by atomic mass is 9.77. The molecule has 0 amide bonds. The lowest BCUT2D eigenvalue weighted by Crippen LogP contribution is -2.40. The zero-order chi connectivity index (χ0) is 24.4. The van der Waals surface area contributed by atoms with E-state index in [1.807, 2.05) is 0 Å². The SMILES string of the molecule is O=C(O)C1CCC([N+](=O)[O-])CC1C(=O)OCCCOOCC1CC([N+](=O)[O-])CCC1COO. The standard InChI is InChI=1S/C19H30N2O12/c22-18(23)16-5-4-15(21(27)28)9-17(16)19(24)30-6-1-7-32-33-11-13-8-14(20(25)26)3-2-12(13)10-31-29/h12-17,29H,1-11H2,(H,22,23). The van der Waals surface area contributed by atoms with Gasteiger partial charge in [0.05, 0.1) is 38.3 Å². The summed E-state index contributed by atoms with van der Waals surface area (Å²) in [4.78, 5) is 59.3. The van der Waals surface area contributed by atoms with Crippen LogP contribution >= 0.6 is 0 Å². The van der Waals surface area contributed by atoms with Crippen LogP contribution < -0.4 is 0 Å². The Kier molecular flexibility index (Phi) is 10.8. The van der Waals surface area contributed by atoms with Gasteiger partial charge in [0.25, 0.3) is 0 Å². The molecule has 14 heteroatoms. The van der Waals surface area contributed by atoms with Gasteiger partial charge in [0, 0.05) is 42.0 Å². The number of nitro groups is 2. The highest BCUT2D eigenvalue weighted by Crippen LogP contribution is 2.33. The zero-order valence-electron chi connectivity index (χ0n) is 18.1. The van der Waals surface area contributed by atoms with E-state index in [9.17, 15) is 34.9 Å². The highest BCUT2D eigenvalue weighted by molar-refractivity contribution is 5.81. The Morgan fingerprint density at radius 2 is 1.52 bits per heavy atom. The topological polar surface area (TPSA) is 198 Å². The first-order valence-corrected chi connectivity index (χ1v) is 10.9. The quantitative estimate of drug-likeness (QED) is 0.127. The van der Waals surface area contributed by atoms with Gasteiger partial charge in [-0.2, -0.15) is 0 Å². The van der Waals surface area contributed by atoms with Crippen LogP contribution in [0.25, 0.3) is 0 Å². The summed E-state index contributed by atoms with van der Waals surface area (Å²) in [5.74, 6) is -4.38. The van der Waals surface area contributed by atoms with Gasteiger partial charge in [-0.3, -0.25) is 35.1 Å². The minimum atomic E-state index is -1.18. The van der Waals surface area contributed by atoms with E-state index in [1.165, 1.54) is 0 Å². The van der Waals surface area contributed by atoms with Crippen LogP contribution in [0.4, 0.5) is 0 Å². The van der Waals surface area contributed by atoms with E-state index in [0.29, 0.717) is 12.8 Å². The summed E-state index contributed by atoms with van der Waals surface area (Å²) in [6.45, 7) is 0.0827. The molecule has 0 aliphatic heterocycles. The van der Waals surface area contributed by atoms with E-state index < -0.39 is 40.8 Å². The smallest absolute Gasteiger partial charge is 0.310 e. The second-order valence-electron chi connectivity index (χ2n) is 8.50. The number of rotatable bonds is 13. The van der Waals surface area contributed by atoms with Crippen molar-refractivity contribution in [1.82, 2.24) is 0 Å². The Hall–Kier alpha value is -2.42. The Morgan fingerprint density at radius 3 is 2.15 bits per heavy atom. The Balaban J connectivity index is 1.68. The highest BCUT2D eigenvalue weighted by atomic mass is 17.2. The molecule has 0 heterocycles. The third-order valence-corrected chi connectivity index (χ3v) is 6.42. The Bertz CT molecular complexity index is 690. The van der Waals surface area contributed by atoms with Crippen molar-refractivity contribution in [2.45, 2.75) is 57.0 Å². The molecule has 0 radical (unpaired) electrons. The molecule has 2 saturated carbocycles. The third-order valence-electron chi connectivity index (χ3n) is 6.42. The van der Waals surface area contributed by atoms with E-state index in [0.717, 1.165) is 0 Å². The molecule has 2 N–H and O–H groups in total. The van der Waals surface area contributed by atoms with E-state index in [1.54, 1.807) is 0 Å². The molecule has 0 aromatic carbocycles. The molecule has 188 valence electrons. The van der Waals surface area contributed by atoms with Crippen LogP contribution in [-0.2, 0) is 29.0 Å². The maximum absolute atomic E-state index is 12.3. The van der Waals surface area contributed by atoms with Gasteiger partial charge < -0.3 is 9.84 Å². The fourth-order valence-corrected chi connectivity index (χ4v) is 4.50. The summed E-state index contributed by atoms with van der Waals surface area (Å²) in [6.07, 6.45) is 1.40. The predicted octanol–water partition coefficient (Wildman–Crippen LogP) is 1.57. The van der Waals surface area contributed by atoms with Crippen molar-refractivity contribution in [1.29, 1.82) is 0 Å². The molecule has 14 nitrogen and oxygen atoms in total. The lowest BCUT2D eigenvalue weighted by Gasteiger charge is -2.31. The van der Waals surface area contributed by atoms with Crippen LogP contribution in [-0.4, -0.2) is 70.7 Å². The highest BCUT2D eigenvalue weighted by Gasteiger charge is 2.44. The van der Waals surface area contributed by atoms with Crippen molar-refractivity contribution >= 4 is 11.9 Å². The predicted molar refractivity (Wildman–Crippen MR) is 107 cm³/mol. The molecule has 0 saturated heterocycles. The molecule has 0 aromatic rings. The monoisotopic (exact) mass is 478 g/mol. The molecular formula is C19H30N2O12. The van der Waals surface area contributed by atoms with Crippen molar-refractivity contribution in [3.63, 3.8) is 0 Å². The largest absolute Gasteiger partial charge is 0.481 e. The van der Waals surface area contributed by atoms with Gasteiger partial charge in [-0.25, -0.2) is 14.7 Å². The fraction of sp³-hybridized carbons (Fsp3) is 0.895. The van der Waals surface area contributed by atoms with Crippen LogP contribution in [0.15, 0.2) is 0 Å². The minimum Gasteiger partial charge on any atom is -0.481 e. The summed E-state index contributed by atoms with van der Waals surface area (Å²) in [6, 6.07) is -1.65. The van der Waals surface area contributed by atoms with E-state index >= 15 is 0 Å². The number of hydrogen-bond donors (Lipinski definition) is 2. The number of aliphatic carboxylic acids is 1. The van der Waals surface area contributed by atoms with Crippen molar-refractivity contribution in [3.05, 3.63) is 20.2 Å². The summed E-state index contributed by atoms with van der Waals surface area (Å²) < 4.78 is 5.10. The van der Waals surface area contributed by atoms with Gasteiger partial charge in [0.2, 0.25) is 12.1 Å². The molecule has 2 aliphatic carbocycles. The number of nitrogens with zero attached hydrogens (tertiary/aromatic N) is 2. The summed E-state index contributed by atoms with van der Waals surface area (Å²) >= 11 is 0. The van der Waals surface area contributed by atoms with Crippen molar-refractivity contribution in [2.24, 2.45) is 23.7 Å². The summed E-state index contributed by atoms with van der Waals surface area (Å²) in [5, 5.41) is 40.0. The number of carboxylic acids is 1. The Labute approximate surface area is 189 Å². The van der Waals surface area contributed by atoms with Crippen molar-refractivity contribution in [3.8, 4) is 0 Å². The normalized spacial score (nSPS) is 29.8. The summed E-state index contributed by atoms with van der Waals surface area (Å²) in [5.41, 5.74) is 0. The maximum Gasteiger partial charge on any atom is 0.310 e. The second kappa shape index (κ2) is 13.3. The summed E-state index contributed by atoms with van der Waals surface area (Å²) in [7, 11) is 0. The first-order valence-electron chi connectivity index (χ1n) is 10.9. The number of hydrogen-bond acceptors (Lipinski definition) is 11. The Morgan fingerprint density at radius 1 is 0.848 bits per heavy atom. The number of carbonyl (C=O) groups excluding carboxylic acids is 1. The van der Waals surface area contributed by atoms with E-state index in [-0.39, 0.29) is 75.3 Å². The van der Waals surface area contributed by atoms with Gasteiger partial charge >= 0.3 is 11.9 Å². The molecule has 0 bridgehead atoms. The number of esters is 1. The van der Waals surface area contributed by atoms with Gasteiger partial charge in [0.15, 0.2) is 0 Å². The lowest BCUT2D eigenvalue weighted by molar-refractivity contribution is -0.529. The first-order chi connectivity index (χ1) is 15.7. The minimum absolute atomic E-state index is 0.0402. The van der Waals surface area contributed by atoms with Crippen molar-refractivity contribution < 1.29 is 49.2 Å². The molecule has 6 atom stereocenters. The van der Waals surface area contributed by atoms with Crippen LogP contribution in [0.1, 0.15) is 44.9 Å². The third kappa shape index (κ3) is 8.14. The van der Waals surface area contributed by atoms with Crippen LogP contribution in [0.3, 0.4) is 0 Å². The van der Waals surface area contributed by atoms with Crippen LogP contribution in [0.5, 0.6) is 0 Å². The van der Waals surface area contributed by atoms with E-state index in [2.05, 4.69) is 4.89 Å². The second-order valence-corrected chi connectivity index (χ2v) is 8.50. The fourth-order valence-electron chi connectivity index (χ4n) is 4.50. The molecule has 2 aliphatic rings. The van der Waals surface area contributed by atoms with Gasteiger partial charge in [-0.15, -0.1) is 0 Å². The molecule has 2 fully saturated rings. The first kappa shape index (κ1) is 26.8. The average molecular weight is 478 g/mol. The van der Waals surface area contributed by atoms with Crippen LogP contribution in [0.2, 0.25) is 0 Å².